The Labute approximate surface area is 127 Å². The van der Waals surface area contributed by atoms with Gasteiger partial charge in [-0.1, -0.05) is 11.6 Å². The van der Waals surface area contributed by atoms with Gasteiger partial charge in [-0.2, -0.15) is 0 Å². The van der Waals surface area contributed by atoms with Crippen LogP contribution >= 0.6 is 11.6 Å². The van der Waals surface area contributed by atoms with E-state index < -0.39 is 17.1 Å². The van der Waals surface area contributed by atoms with E-state index in [2.05, 4.69) is 0 Å². The number of hydrogen-bond acceptors (Lipinski definition) is 3. The number of hydrogen-bond donors (Lipinski definition) is 0. The predicted molar refractivity (Wildman–Crippen MR) is 78.2 cm³/mol. The van der Waals surface area contributed by atoms with Crippen LogP contribution < -0.4 is 5.43 Å². The molecule has 0 aliphatic carbocycles. The smallest absolute Gasteiger partial charge is 0.203 e. The highest BCUT2D eigenvalue weighted by atomic mass is 35.5. The summed E-state index contributed by atoms with van der Waals surface area (Å²) in [7, 11) is 0. The summed E-state index contributed by atoms with van der Waals surface area (Å²) in [5.74, 6) is -1.86. The summed E-state index contributed by atoms with van der Waals surface area (Å²) in [4.78, 5) is 23.5. The Hall–Kier alpha value is -2.53. The molecule has 110 valence electrons. The molecule has 0 N–H and O–H groups in total. The number of halogens is 3. The molecular weight excluding hydrogens is 314 g/mol. The molecule has 0 bridgehead atoms. The Balaban J connectivity index is 2.45. The van der Waals surface area contributed by atoms with Crippen molar-refractivity contribution in [1.29, 1.82) is 0 Å². The molecule has 3 nitrogen and oxygen atoms in total. The van der Waals surface area contributed by atoms with Gasteiger partial charge in [-0.15, -0.1) is 0 Å². The zero-order valence-corrected chi connectivity index (χ0v) is 11.7. The highest BCUT2D eigenvalue weighted by molar-refractivity contribution is 6.31. The van der Waals surface area contributed by atoms with Crippen LogP contribution in [0.1, 0.15) is 10.4 Å². The Bertz CT molecular complexity index is 963. The predicted octanol–water partition coefficient (Wildman–Crippen LogP) is 4.20. The Morgan fingerprint density at radius 3 is 2.59 bits per heavy atom. The van der Waals surface area contributed by atoms with Gasteiger partial charge in [0.2, 0.25) is 5.43 Å². The van der Waals surface area contributed by atoms with Crippen molar-refractivity contribution in [3.8, 4) is 11.3 Å². The zero-order chi connectivity index (χ0) is 15.9. The van der Waals surface area contributed by atoms with Gasteiger partial charge in [0, 0.05) is 11.1 Å². The minimum absolute atomic E-state index is 0.0850. The molecular formula is C16H7ClF2O3. The molecule has 6 heteroatoms. The molecule has 0 aliphatic rings. The van der Waals surface area contributed by atoms with E-state index >= 15 is 0 Å². The first kappa shape index (κ1) is 14.4. The summed E-state index contributed by atoms with van der Waals surface area (Å²) in [5, 5.41) is 0.437. The van der Waals surface area contributed by atoms with Crippen molar-refractivity contribution in [3.05, 3.63) is 68.8 Å². The van der Waals surface area contributed by atoms with Gasteiger partial charge in [0.15, 0.2) is 12.0 Å². The lowest BCUT2D eigenvalue weighted by molar-refractivity contribution is 0.112. The maximum atomic E-state index is 13.9. The normalized spacial score (nSPS) is 10.9. The average molecular weight is 321 g/mol. The van der Waals surface area contributed by atoms with Crippen LogP contribution in [0.3, 0.4) is 0 Å². The zero-order valence-electron chi connectivity index (χ0n) is 10.9. The fourth-order valence-corrected chi connectivity index (χ4v) is 2.32. The van der Waals surface area contributed by atoms with Gasteiger partial charge >= 0.3 is 0 Å². The summed E-state index contributed by atoms with van der Waals surface area (Å²) in [5.41, 5.74) is -1.23. The maximum Gasteiger partial charge on any atom is 0.203 e. The fourth-order valence-electron chi connectivity index (χ4n) is 2.16. The number of fused-ring (bicyclic) bond motifs is 1. The van der Waals surface area contributed by atoms with E-state index in [4.69, 9.17) is 16.0 Å². The number of rotatable bonds is 2. The lowest BCUT2D eigenvalue weighted by atomic mass is 10.0. The molecule has 0 atom stereocenters. The van der Waals surface area contributed by atoms with Crippen molar-refractivity contribution in [2.45, 2.75) is 0 Å². The molecule has 0 amide bonds. The minimum Gasteiger partial charge on any atom is -0.455 e. The first-order valence-corrected chi connectivity index (χ1v) is 6.56. The Morgan fingerprint density at radius 1 is 1.09 bits per heavy atom. The summed E-state index contributed by atoms with van der Waals surface area (Å²) < 4.78 is 32.7. The highest BCUT2D eigenvalue weighted by Gasteiger charge is 2.19. The molecule has 0 aliphatic heterocycles. The SMILES string of the molecule is O=Cc1c(-c2cc(F)ccc2F)oc2cc(Cl)ccc2c1=O. The van der Waals surface area contributed by atoms with Crippen molar-refractivity contribution >= 4 is 28.9 Å². The van der Waals surface area contributed by atoms with Crippen LogP contribution in [0.2, 0.25) is 5.02 Å². The van der Waals surface area contributed by atoms with Gasteiger partial charge in [-0.3, -0.25) is 9.59 Å². The molecule has 0 fully saturated rings. The van der Waals surface area contributed by atoms with Crippen LogP contribution in [0.15, 0.2) is 45.6 Å². The van der Waals surface area contributed by atoms with Crippen LogP contribution in [0.4, 0.5) is 8.78 Å². The maximum absolute atomic E-state index is 13.9. The summed E-state index contributed by atoms with van der Waals surface area (Å²) >= 11 is 5.83. The lowest BCUT2D eigenvalue weighted by Gasteiger charge is -2.07. The summed E-state index contributed by atoms with van der Waals surface area (Å²) in [6, 6.07) is 6.92. The van der Waals surface area contributed by atoms with Gasteiger partial charge in [0.1, 0.15) is 22.8 Å². The summed E-state index contributed by atoms with van der Waals surface area (Å²) in [6.45, 7) is 0. The number of benzene rings is 2. The summed E-state index contributed by atoms with van der Waals surface area (Å²) in [6.07, 6.45) is 0.263. The minimum atomic E-state index is -0.811. The van der Waals surface area contributed by atoms with Gasteiger partial charge in [-0.05, 0) is 30.3 Å². The van der Waals surface area contributed by atoms with Crippen LogP contribution in [0.5, 0.6) is 0 Å². The fraction of sp³-hybridized carbons (Fsp3) is 0. The van der Waals surface area contributed by atoms with Crippen LogP contribution in [-0.4, -0.2) is 6.29 Å². The van der Waals surface area contributed by atoms with Crippen LogP contribution in [0, 0.1) is 11.6 Å². The third-order valence-electron chi connectivity index (χ3n) is 3.18. The van der Waals surface area contributed by atoms with E-state index in [0.29, 0.717) is 5.02 Å². The number of carbonyl (C=O) groups excluding carboxylic acids is 1. The third kappa shape index (κ3) is 2.29. The molecule has 0 unspecified atom stereocenters. The first-order valence-electron chi connectivity index (χ1n) is 6.18. The standard InChI is InChI=1S/C16H7ClF2O3/c17-8-1-3-10-14(5-8)22-16(12(7-20)15(10)21)11-6-9(18)2-4-13(11)19/h1-7H. The Morgan fingerprint density at radius 2 is 1.86 bits per heavy atom. The van der Waals surface area contributed by atoms with Crippen molar-refractivity contribution in [1.82, 2.24) is 0 Å². The monoisotopic (exact) mass is 320 g/mol. The molecule has 3 rings (SSSR count). The molecule has 0 saturated heterocycles. The molecule has 22 heavy (non-hydrogen) atoms. The van der Waals surface area contributed by atoms with Crippen molar-refractivity contribution in [3.63, 3.8) is 0 Å². The molecule has 1 heterocycles. The van der Waals surface area contributed by atoms with E-state index in [1.165, 1.54) is 18.2 Å². The molecule has 0 saturated carbocycles. The first-order chi connectivity index (χ1) is 10.5. The second-order valence-corrected chi connectivity index (χ2v) is 4.99. The molecule has 1 aromatic heterocycles. The van der Waals surface area contributed by atoms with E-state index in [9.17, 15) is 18.4 Å². The van der Waals surface area contributed by atoms with Gasteiger partial charge in [-0.25, -0.2) is 8.78 Å². The van der Waals surface area contributed by atoms with Crippen molar-refractivity contribution in [2.24, 2.45) is 0 Å². The lowest BCUT2D eigenvalue weighted by Crippen LogP contribution is -2.10. The topological polar surface area (TPSA) is 47.3 Å². The van der Waals surface area contributed by atoms with E-state index in [-0.39, 0.29) is 34.1 Å². The van der Waals surface area contributed by atoms with E-state index in [1.807, 2.05) is 0 Å². The van der Waals surface area contributed by atoms with Gasteiger partial charge in [0.05, 0.1) is 10.9 Å². The average Bonchev–Trinajstić information content (AvgIpc) is 2.49. The van der Waals surface area contributed by atoms with Crippen molar-refractivity contribution in [2.75, 3.05) is 0 Å². The van der Waals surface area contributed by atoms with Crippen LogP contribution in [0.25, 0.3) is 22.3 Å². The van der Waals surface area contributed by atoms with Crippen LogP contribution in [-0.2, 0) is 0 Å². The van der Waals surface area contributed by atoms with Gasteiger partial charge < -0.3 is 4.42 Å². The highest BCUT2D eigenvalue weighted by Crippen LogP contribution is 2.29. The quantitative estimate of drug-likeness (QED) is 0.665. The second-order valence-electron chi connectivity index (χ2n) is 4.56. The Kier molecular flexibility index (Phi) is 3.50. The van der Waals surface area contributed by atoms with E-state index in [0.717, 1.165) is 18.2 Å². The third-order valence-corrected chi connectivity index (χ3v) is 3.42. The van der Waals surface area contributed by atoms with Crippen molar-refractivity contribution < 1.29 is 18.0 Å². The van der Waals surface area contributed by atoms with Gasteiger partial charge in [0.25, 0.3) is 0 Å². The molecule has 2 aromatic carbocycles. The second kappa shape index (κ2) is 5.35. The molecule has 0 spiro atoms. The molecule has 0 radical (unpaired) electrons. The number of carbonyl (C=O) groups is 1. The van der Waals surface area contributed by atoms with E-state index in [1.54, 1.807) is 0 Å². The largest absolute Gasteiger partial charge is 0.455 e. The number of aldehydes is 1. The molecule has 3 aromatic rings.